The van der Waals surface area contributed by atoms with Crippen LogP contribution in [0.1, 0.15) is 17.2 Å². The van der Waals surface area contributed by atoms with Crippen LogP contribution in [-0.4, -0.2) is 39.0 Å². The largest absolute Gasteiger partial charge is 0.497 e. The van der Waals surface area contributed by atoms with Gasteiger partial charge >= 0.3 is 5.97 Å². The Hall–Kier alpha value is -2.38. The predicted octanol–water partition coefficient (Wildman–Crippen LogP) is 2.29. The van der Waals surface area contributed by atoms with Crippen molar-refractivity contribution >= 4 is 16.0 Å². The number of hydrogen-bond acceptors (Lipinski definition) is 5. The third kappa shape index (κ3) is 3.12. The van der Waals surface area contributed by atoms with Gasteiger partial charge in [-0.05, 0) is 36.8 Å². The van der Waals surface area contributed by atoms with Crippen LogP contribution in [0.4, 0.5) is 0 Å². The molecule has 6 nitrogen and oxygen atoms in total. The highest BCUT2D eigenvalue weighted by Gasteiger charge is 2.61. The van der Waals surface area contributed by atoms with Crippen LogP contribution in [-0.2, 0) is 19.6 Å². The first-order valence-corrected chi connectivity index (χ1v) is 9.16. The molecule has 7 heteroatoms. The Kier molecular flexibility index (Phi) is 4.53. The van der Waals surface area contributed by atoms with Crippen LogP contribution in [0.3, 0.4) is 0 Å². The standard InChI is InChI=1S/C18H19NO5S/c1-12-4-10-15(11-5-12)25(21,22)19-16(17(19)18(20)24-3)13-6-8-14(23-2)9-7-13/h4-11,16-17H,1-3H3/t16-,17-,19?/m0/s1. The molecule has 0 spiro atoms. The second-order valence-electron chi connectivity index (χ2n) is 5.83. The minimum Gasteiger partial charge on any atom is -0.497 e. The summed E-state index contributed by atoms with van der Waals surface area (Å²) >= 11 is 0. The molecule has 1 aliphatic rings. The number of sulfonamides is 1. The van der Waals surface area contributed by atoms with E-state index < -0.39 is 28.1 Å². The molecule has 0 bridgehead atoms. The molecule has 2 aromatic carbocycles. The lowest BCUT2D eigenvalue weighted by Crippen LogP contribution is -2.20. The summed E-state index contributed by atoms with van der Waals surface area (Å²) in [5, 5.41) is 0. The van der Waals surface area contributed by atoms with Gasteiger partial charge in [0.05, 0.1) is 25.2 Å². The molecule has 0 aromatic heterocycles. The Labute approximate surface area is 147 Å². The third-order valence-corrected chi connectivity index (χ3v) is 6.13. The Balaban J connectivity index is 1.97. The molecule has 1 aliphatic heterocycles. The van der Waals surface area contributed by atoms with Crippen molar-refractivity contribution in [3.8, 4) is 5.75 Å². The van der Waals surface area contributed by atoms with Crippen LogP contribution in [0.15, 0.2) is 53.4 Å². The van der Waals surface area contributed by atoms with E-state index in [2.05, 4.69) is 0 Å². The van der Waals surface area contributed by atoms with Gasteiger partial charge in [-0.1, -0.05) is 29.8 Å². The van der Waals surface area contributed by atoms with Gasteiger partial charge in [0.2, 0.25) is 10.0 Å². The molecular formula is C18H19NO5S. The van der Waals surface area contributed by atoms with Crippen molar-refractivity contribution in [2.24, 2.45) is 0 Å². The average molecular weight is 361 g/mol. The second-order valence-corrected chi connectivity index (χ2v) is 7.68. The van der Waals surface area contributed by atoms with Crippen molar-refractivity contribution in [3.05, 3.63) is 59.7 Å². The summed E-state index contributed by atoms with van der Waals surface area (Å²) in [5.74, 6) is 0.0865. The Morgan fingerprint density at radius 3 is 2.12 bits per heavy atom. The van der Waals surface area contributed by atoms with Crippen molar-refractivity contribution in [3.63, 3.8) is 0 Å². The lowest BCUT2D eigenvalue weighted by molar-refractivity contribution is -0.140. The fraction of sp³-hybridized carbons (Fsp3) is 0.278. The minimum absolute atomic E-state index is 0.156. The SMILES string of the molecule is COC(=O)[C@@H]1[C@H](c2ccc(OC)cc2)N1S(=O)(=O)c1ccc(C)cc1. The van der Waals surface area contributed by atoms with Crippen molar-refractivity contribution in [1.82, 2.24) is 4.31 Å². The van der Waals surface area contributed by atoms with E-state index in [1.54, 1.807) is 55.6 Å². The number of carbonyl (C=O) groups is 1. The molecule has 1 fully saturated rings. The summed E-state index contributed by atoms with van der Waals surface area (Å²) in [4.78, 5) is 12.2. The number of methoxy groups -OCH3 is 2. The van der Waals surface area contributed by atoms with Crippen LogP contribution >= 0.6 is 0 Å². The Morgan fingerprint density at radius 1 is 1.00 bits per heavy atom. The predicted molar refractivity (Wildman–Crippen MR) is 91.7 cm³/mol. The molecular weight excluding hydrogens is 342 g/mol. The number of hydrogen-bond donors (Lipinski definition) is 0. The van der Waals surface area contributed by atoms with Gasteiger partial charge in [-0.2, -0.15) is 4.31 Å². The van der Waals surface area contributed by atoms with E-state index in [1.807, 2.05) is 6.92 Å². The molecule has 3 rings (SSSR count). The topological polar surface area (TPSA) is 72.7 Å². The molecule has 0 aliphatic carbocycles. The quantitative estimate of drug-likeness (QED) is 0.603. The van der Waals surface area contributed by atoms with Crippen molar-refractivity contribution in [2.75, 3.05) is 14.2 Å². The summed E-state index contributed by atoms with van der Waals surface area (Å²) in [6.07, 6.45) is 0. The van der Waals surface area contributed by atoms with Crippen molar-refractivity contribution in [1.29, 1.82) is 0 Å². The van der Waals surface area contributed by atoms with Gasteiger partial charge in [0.1, 0.15) is 11.8 Å². The summed E-state index contributed by atoms with van der Waals surface area (Å²) < 4.78 is 37.0. The molecule has 1 saturated heterocycles. The Bertz CT molecular complexity index is 875. The Morgan fingerprint density at radius 2 is 1.60 bits per heavy atom. The van der Waals surface area contributed by atoms with Gasteiger partial charge in [0.15, 0.2) is 0 Å². The zero-order valence-corrected chi connectivity index (χ0v) is 15.0. The minimum atomic E-state index is -3.80. The van der Waals surface area contributed by atoms with E-state index in [0.717, 1.165) is 5.56 Å². The van der Waals surface area contributed by atoms with E-state index in [-0.39, 0.29) is 4.90 Å². The summed E-state index contributed by atoms with van der Waals surface area (Å²) in [5.41, 5.74) is 1.67. The zero-order valence-electron chi connectivity index (χ0n) is 14.2. The van der Waals surface area contributed by atoms with Crippen molar-refractivity contribution in [2.45, 2.75) is 23.9 Å². The molecule has 0 radical (unpaired) electrons. The maximum atomic E-state index is 12.9. The highest BCUT2D eigenvalue weighted by Crippen LogP contribution is 2.48. The second kappa shape index (κ2) is 6.50. The van der Waals surface area contributed by atoms with E-state index in [1.165, 1.54) is 11.4 Å². The fourth-order valence-corrected chi connectivity index (χ4v) is 4.53. The number of ether oxygens (including phenoxy) is 2. The van der Waals surface area contributed by atoms with Gasteiger partial charge < -0.3 is 9.47 Å². The normalized spacial score (nSPS) is 22.3. The first-order valence-electron chi connectivity index (χ1n) is 7.72. The molecule has 0 amide bonds. The number of carbonyl (C=O) groups excluding carboxylic acids is 1. The maximum absolute atomic E-state index is 12.9. The average Bonchev–Trinajstić information content (AvgIpc) is 3.38. The molecule has 25 heavy (non-hydrogen) atoms. The number of esters is 1. The van der Waals surface area contributed by atoms with Crippen LogP contribution in [0.2, 0.25) is 0 Å². The summed E-state index contributed by atoms with van der Waals surface area (Å²) in [6.45, 7) is 1.88. The van der Waals surface area contributed by atoms with Crippen LogP contribution in [0.25, 0.3) is 0 Å². The number of rotatable bonds is 5. The molecule has 3 atom stereocenters. The number of benzene rings is 2. The summed E-state index contributed by atoms with van der Waals surface area (Å²) in [6, 6.07) is 12.1. The zero-order chi connectivity index (χ0) is 18.2. The first-order chi connectivity index (χ1) is 11.9. The molecule has 0 saturated carbocycles. The van der Waals surface area contributed by atoms with Gasteiger partial charge in [-0.15, -0.1) is 0 Å². The van der Waals surface area contributed by atoms with Gasteiger partial charge in [0, 0.05) is 0 Å². The first kappa shape index (κ1) is 17.4. The van der Waals surface area contributed by atoms with Crippen molar-refractivity contribution < 1.29 is 22.7 Å². The van der Waals surface area contributed by atoms with E-state index in [4.69, 9.17) is 9.47 Å². The lowest BCUT2D eigenvalue weighted by Gasteiger charge is -2.07. The maximum Gasteiger partial charge on any atom is 0.326 e. The smallest absolute Gasteiger partial charge is 0.326 e. The van der Waals surface area contributed by atoms with Gasteiger partial charge in [-0.25, -0.2) is 8.42 Å². The number of aryl methyl sites for hydroxylation is 1. The lowest BCUT2D eigenvalue weighted by atomic mass is 10.1. The fourth-order valence-electron chi connectivity index (χ4n) is 2.83. The monoisotopic (exact) mass is 361 g/mol. The molecule has 132 valence electrons. The van der Waals surface area contributed by atoms with E-state index >= 15 is 0 Å². The molecule has 0 N–H and O–H groups in total. The number of nitrogens with zero attached hydrogens (tertiary/aromatic N) is 1. The third-order valence-electron chi connectivity index (χ3n) is 4.25. The van der Waals surface area contributed by atoms with Gasteiger partial charge in [0.25, 0.3) is 0 Å². The van der Waals surface area contributed by atoms with E-state index in [9.17, 15) is 13.2 Å². The highest BCUT2D eigenvalue weighted by atomic mass is 32.2. The van der Waals surface area contributed by atoms with Crippen LogP contribution in [0, 0.1) is 6.92 Å². The highest BCUT2D eigenvalue weighted by molar-refractivity contribution is 7.89. The molecule has 1 heterocycles. The van der Waals surface area contributed by atoms with Crippen LogP contribution in [0.5, 0.6) is 5.75 Å². The van der Waals surface area contributed by atoms with Crippen LogP contribution < -0.4 is 4.74 Å². The van der Waals surface area contributed by atoms with E-state index in [0.29, 0.717) is 11.3 Å². The van der Waals surface area contributed by atoms with Gasteiger partial charge in [-0.3, -0.25) is 4.79 Å². The molecule has 1 unspecified atom stereocenters. The molecule has 2 aromatic rings. The summed E-state index contributed by atoms with van der Waals surface area (Å²) in [7, 11) is -0.993.